The van der Waals surface area contributed by atoms with Crippen LogP contribution in [0.2, 0.25) is 0 Å². The standard InChI is InChI=1S/C18H30N2O/c1-6-8-9-17(20(3)4)18(19,14-7-2)15-10-12-16(21-5)13-11-15/h7,10-13,17H,2,6,8-9,14,19H2,1,3-5H3. The summed E-state index contributed by atoms with van der Waals surface area (Å²) in [6.07, 6.45) is 6.12. The van der Waals surface area contributed by atoms with Crippen molar-refractivity contribution in [2.45, 2.75) is 44.2 Å². The molecule has 1 aromatic carbocycles. The van der Waals surface area contributed by atoms with Crippen molar-refractivity contribution in [3.8, 4) is 5.75 Å². The molecule has 0 saturated carbocycles. The summed E-state index contributed by atoms with van der Waals surface area (Å²) in [5, 5.41) is 0. The van der Waals surface area contributed by atoms with Crippen molar-refractivity contribution in [1.29, 1.82) is 0 Å². The fraction of sp³-hybridized carbons (Fsp3) is 0.556. The Balaban J connectivity index is 3.15. The monoisotopic (exact) mass is 290 g/mol. The normalized spacial score (nSPS) is 15.5. The molecule has 0 spiro atoms. The fourth-order valence-electron chi connectivity index (χ4n) is 2.96. The fourth-order valence-corrected chi connectivity index (χ4v) is 2.96. The average molecular weight is 290 g/mol. The second kappa shape index (κ2) is 8.20. The summed E-state index contributed by atoms with van der Waals surface area (Å²) in [5.74, 6) is 0.856. The van der Waals surface area contributed by atoms with Gasteiger partial charge in [0, 0.05) is 6.04 Å². The summed E-state index contributed by atoms with van der Waals surface area (Å²) >= 11 is 0. The lowest BCUT2D eigenvalue weighted by atomic mass is 9.78. The van der Waals surface area contributed by atoms with Gasteiger partial charge in [0.2, 0.25) is 0 Å². The van der Waals surface area contributed by atoms with Crippen LogP contribution in [-0.2, 0) is 5.54 Å². The van der Waals surface area contributed by atoms with Gasteiger partial charge in [0.25, 0.3) is 0 Å². The van der Waals surface area contributed by atoms with Gasteiger partial charge in [0.1, 0.15) is 5.75 Å². The third kappa shape index (κ3) is 4.32. The van der Waals surface area contributed by atoms with E-state index >= 15 is 0 Å². The highest BCUT2D eigenvalue weighted by Gasteiger charge is 2.36. The molecular formula is C18H30N2O. The zero-order valence-electron chi connectivity index (χ0n) is 13.9. The number of unbranched alkanes of at least 4 members (excludes halogenated alkanes) is 1. The molecule has 0 saturated heterocycles. The van der Waals surface area contributed by atoms with E-state index in [1.165, 1.54) is 12.8 Å². The number of hydrogen-bond donors (Lipinski definition) is 1. The number of nitrogens with two attached hydrogens (primary N) is 1. The summed E-state index contributed by atoms with van der Waals surface area (Å²) in [6, 6.07) is 8.39. The van der Waals surface area contributed by atoms with E-state index in [0.717, 1.165) is 24.2 Å². The van der Waals surface area contributed by atoms with Crippen LogP contribution in [0.1, 0.15) is 38.2 Å². The van der Waals surface area contributed by atoms with E-state index in [9.17, 15) is 0 Å². The van der Waals surface area contributed by atoms with Gasteiger partial charge in [-0.3, -0.25) is 0 Å². The van der Waals surface area contributed by atoms with E-state index in [1.807, 2.05) is 18.2 Å². The van der Waals surface area contributed by atoms with E-state index in [0.29, 0.717) is 0 Å². The molecule has 0 fully saturated rings. The Labute approximate surface area is 129 Å². The smallest absolute Gasteiger partial charge is 0.118 e. The summed E-state index contributed by atoms with van der Waals surface area (Å²) in [4.78, 5) is 2.24. The highest BCUT2D eigenvalue weighted by Crippen LogP contribution is 2.32. The van der Waals surface area contributed by atoms with Crippen molar-refractivity contribution in [1.82, 2.24) is 4.90 Å². The molecule has 118 valence electrons. The van der Waals surface area contributed by atoms with E-state index in [1.54, 1.807) is 7.11 Å². The van der Waals surface area contributed by atoms with Gasteiger partial charge in [0.05, 0.1) is 12.6 Å². The Kier molecular flexibility index (Phi) is 6.93. The van der Waals surface area contributed by atoms with E-state index in [-0.39, 0.29) is 6.04 Å². The molecule has 2 unspecified atom stereocenters. The maximum absolute atomic E-state index is 6.85. The molecule has 3 nitrogen and oxygen atoms in total. The molecule has 0 aliphatic heterocycles. The van der Waals surface area contributed by atoms with Gasteiger partial charge >= 0.3 is 0 Å². The molecule has 1 aromatic rings. The van der Waals surface area contributed by atoms with Crippen LogP contribution in [0.25, 0.3) is 0 Å². The number of rotatable bonds is 9. The van der Waals surface area contributed by atoms with Crippen LogP contribution in [0.3, 0.4) is 0 Å². The first-order chi connectivity index (χ1) is 9.99. The van der Waals surface area contributed by atoms with Crippen molar-refractivity contribution < 1.29 is 4.74 Å². The van der Waals surface area contributed by atoms with Gasteiger partial charge in [-0.25, -0.2) is 0 Å². The van der Waals surface area contributed by atoms with E-state index < -0.39 is 5.54 Å². The van der Waals surface area contributed by atoms with Crippen molar-refractivity contribution in [2.24, 2.45) is 5.73 Å². The summed E-state index contributed by atoms with van der Waals surface area (Å²) in [7, 11) is 5.89. The molecule has 0 heterocycles. The Morgan fingerprint density at radius 1 is 1.33 bits per heavy atom. The maximum atomic E-state index is 6.85. The summed E-state index contributed by atoms with van der Waals surface area (Å²) < 4.78 is 5.24. The van der Waals surface area contributed by atoms with Crippen molar-refractivity contribution >= 4 is 0 Å². The molecule has 2 N–H and O–H groups in total. The number of methoxy groups -OCH3 is 1. The van der Waals surface area contributed by atoms with E-state index in [2.05, 4.69) is 44.6 Å². The van der Waals surface area contributed by atoms with Gasteiger partial charge < -0.3 is 15.4 Å². The molecule has 0 aliphatic carbocycles. The molecule has 3 heteroatoms. The van der Waals surface area contributed by atoms with Gasteiger partial charge in [0.15, 0.2) is 0 Å². The Morgan fingerprint density at radius 2 is 1.95 bits per heavy atom. The predicted molar refractivity (Wildman–Crippen MR) is 90.7 cm³/mol. The minimum atomic E-state index is -0.424. The highest BCUT2D eigenvalue weighted by atomic mass is 16.5. The molecule has 0 radical (unpaired) electrons. The minimum absolute atomic E-state index is 0.281. The second-order valence-corrected chi connectivity index (χ2v) is 5.88. The van der Waals surface area contributed by atoms with E-state index in [4.69, 9.17) is 10.5 Å². The van der Waals surface area contributed by atoms with Crippen molar-refractivity contribution in [3.63, 3.8) is 0 Å². The number of nitrogens with zero attached hydrogens (tertiary/aromatic N) is 1. The zero-order chi connectivity index (χ0) is 15.9. The van der Waals surface area contributed by atoms with Crippen LogP contribution in [0.5, 0.6) is 5.75 Å². The largest absolute Gasteiger partial charge is 0.497 e. The van der Waals surface area contributed by atoms with Gasteiger partial charge in [-0.15, -0.1) is 6.58 Å². The van der Waals surface area contributed by atoms with Gasteiger partial charge in [-0.2, -0.15) is 0 Å². The first-order valence-electron chi connectivity index (χ1n) is 7.70. The Hall–Kier alpha value is -1.32. The molecule has 0 aliphatic rings. The molecule has 21 heavy (non-hydrogen) atoms. The SMILES string of the molecule is C=CCC(N)(c1ccc(OC)cc1)C(CCCC)N(C)C. The van der Waals surface area contributed by atoms with Crippen LogP contribution in [0, 0.1) is 0 Å². The number of likely N-dealkylation sites (N-methyl/N-ethyl adjacent to an activating group) is 1. The number of hydrogen-bond acceptors (Lipinski definition) is 3. The van der Waals surface area contributed by atoms with Crippen LogP contribution in [0.15, 0.2) is 36.9 Å². The highest BCUT2D eigenvalue weighted by molar-refractivity contribution is 5.33. The topological polar surface area (TPSA) is 38.5 Å². The Morgan fingerprint density at radius 3 is 2.38 bits per heavy atom. The quantitative estimate of drug-likeness (QED) is 0.707. The summed E-state index contributed by atoms with van der Waals surface area (Å²) in [6.45, 7) is 6.12. The molecular weight excluding hydrogens is 260 g/mol. The first-order valence-corrected chi connectivity index (χ1v) is 7.70. The van der Waals surface area contributed by atoms with Gasteiger partial charge in [-0.05, 0) is 44.6 Å². The lowest BCUT2D eigenvalue weighted by Gasteiger charge is -2.41. The average Bonchev–Trinajstić information content (AvgIpc) is 2.47. The minimum Gasteiger partial charge on any atom is -0.497 e. The molecule has 0 amide bonds. The van der Waals surface area contributed by atoms with Crippen molar-refractivity contribution in [2.75, 3.05) is 21.2 Å². The molecule has 0 bridgehead atoms. The van der Waals surface area contributed by atoms with Gasteiger partial charge in [-0.1, -0.05) is 38.0 Å². The Bertz CT molecular complexity index is 427. The van der Waals surface area contributed by atoms with Crippen LogP contribution in [-0.4, -0.2) is 32.1 Å². The summed E-state index contributed by atoms with van der Waals surface area (Å²) in [5.41, 5.74) is 7.57. The molecule has 1 rings (SSSR count). The lowest BCUT2D eigenvalue weighted by Crippen LogP contribution is -2.54. The molecule has 2 atom stereocenters. The van der Waals surface area contributed by atoms with Crippen LogP contribution >= 0.6 is 0 Å². The zero-order valence-corrected chi connectivity index (χ0v) is 13.9. The lowest BCUT2D eigenvalue weighted by molar-refractivity contribution is 0.162. The number of benzene rings is 1. The van der Waals surface area contributed by atoms with Crippen LogP contribution < -0.4 is 10.5 Å². The molecule has 0 aromatic heterocycles. The second-order valence-electron chi connectivity index (χ2n) is 5.88. The predicted octanol–water partition coefficient (Wildman–Crippen LogP) is 3.55. The first kappa shape index (κ1) is 17.7. The maximum Gasteiger partial charge on any atom is 0.118 e. The third-order valence-corrected chi connectivity index (χ3v) is 4.16. The van der Waals surface area contributed by atoms with Crippen LogP contribution in [0.4, 0.5) is 0 Å². The number of ether oxygens (including phenoxy) is 1. The van der Waals surface area contributed by atoms with Crippen molar-refractivity contribution in [3.05, 3.63) is 42.5 Å². The third-order valence-electron chi connectivity index (χ3n) is 4.16.